The van der Waals surface area contributed by atoms with Crippen LogP contribution in [0.1, 0.15) is 99.3 Å². The van der Waals surface area contributed by atoms with Crippen molar-refractivity contribution in [2.75, 3.05) is 13.7 Å². The van der Waals surface area contributed by atoms with Gasteiger partial charge in [-0.25, -0.2) is 0 Å². The number of hydrogen-bond donors (Lipinski definition) is 2. The van der Waals surface area contributed by atoms with Gasteiger partial charge in [-0.3, -0.25) is 9.59 Å². The second-order valence-corrected chi connectivity index (χ2v) is 14.9. The summed E-state index contributed by atoms with van der Waals surface area (Å²) in [6.45, 7) is 13.5. The Kier molecular flexibility index (Phi) is 5.93. The molecule has 0 aromatic heterocycles. The summed E-state index contributed by atoms with van der Waals surface area (Å²) in [7, 11) is 1.50. The number of esters is 1. The predicted octanol–water partition coefficient (Wildman–Crippen LogP) is 5.94. The number of rotatable bonds is 2. The minimum Gasteiger partial charge on any atom is -0.469 e. The molecule has 4 fully saturated rings. The first-order valence-corrected chi connectivity index (χ1v) is 14.4. The molecule has 37 heavy (non-hydrogen) atoms. The quantitative estimate of drug-likeness (QED) is 0.270. The van der Waals surface area contributed by atoms with E-state index < -0.39 is 10.8 Å². The van der Waals surface area contributed by atoms with Crippen LogP contribution >= 0.6 is 0 Å². The molecule has 2 N–H and O–H groups in total. The molecule has 0 aromatic rings. The first-order valence-electron chi connectivity index (χ1n) is 14.4. The maximum atomic E-state index is 14.4. The monoisotopic (exact) mass is 513 g/mol. The zero-order valence-corrected chi connectivity index (χ0v) is 23.9. The predicted molar refractivity (Wildman–Crippen MR) is 142 cm³/mol. The maximum absolute atomic E-state index is 14.4. The van der Waals surface area contributed by atoms with Gasteiger partial charge in [0.15, 0.2) is 5.78 Å². The van der Waals surface area contributed by atoms with Gasteiger partial charge in [0.1, 0.15) is 0 Å². The van der Waals surface area contributed by atoms with Crippen LogP contribution in [0.15, 0.2) is 16.8 Å². The number of nitrogens with zero attached hydrogens (tertiary/aromatic N) is 1. The van der Waals surface area contributed by atoms with Crippen LogP contribution in [0.4, 0.5) is 0 Å². The van der Waals surface area contributed by atoms with Gasteiger partial charge in [0.05, 0.1) is 24.8 Å². The molecule has 8 atom stereocenters. The Morgan fingerprint density at radius 3 is 2.35 bits per heavy atom. The minimum absolute atomic E-state index is 0.0164. The molecule has 5 aliphatic rings. The van der Waals surface area contributed by atoms with E-state index >= 15 is 0 Å². The largest absolute Gasteiger partial charge is 0.469 e. The highest BCUT2D eigenvalue weighted by Gasteiger charge is 2.71. The summed E-state index contributed by atoms with van der Waals surface area (Å²) in [6, 6.07) is 0. The summed E-state index contributed by atoms with van der Waals surface area (Å²) in [5, 5.41) is 23.9. The highest BCUT2D eigenvalue weighted by Crippen LogP contribution is 2.75. The summed E-state index contributed by atoms with van der Waals surface area (Å²) in [5.41, 5.74) is 0.135. The van der Waals surface area contributed by atoms with Gasteiger partial charge >= 0.3 is 5.97 Å². The Labute approximate surface area is 222 Å². The third-order valence-corrected chi connectivity index (χ3v) is 13.0. The zero-order chi connectivity index (χ0) is 27.2. The summed E-state index contributed by atoms with van der Waals surface area (Å²) >= 11 is 0. The van der Waals surface area contributed by atoms with E-state index in [0.29, 0.717) is 12.1 Å². The smallest absolute Gasteiger partial charge is 0.312 e. The number of hydrogen-bond acceptors (Lipinski definition) is 6. The van der Waals surface area contributed by atoms with Crippen LogP contribution in [0.3, 0.4) is 0 Å². The number of aliphatic hydroxyl groups excluding tert-OH is 1. The van der Waals surface area contributed by atoms with Gasteiger partial charge in [0.25, 0.3) is 0 Å². The number of ketones is 1. The molecule has 6 nitrogen and oxygen atoms in total. The van der Waals surface area contributed by atoms with Crippen molar-refractivity contribution >= 4 is 17.5 Å². The van der Waals surface area contributed by atoms with Gasteiger partial charge in [0, 0.05) is 11.3 Å². The van der Waals surface area contributed by atoms with Crippen molar-refractivity contribution in [3.63, 3.8) is 0 Å². The average Bonchev–Trinajstić information content (AvgIpc) is 2.84. The molecule has 0 radical (unpaired) electrons. The maximum Gasteiger partial charge on any atom is 0.312 e. The van der Waals surface area contributed by atoms with E-state index in [4.69, 9.17) is 4.74 Å². The Bertz CT molecular complexity index is 1080. The van der Waals surface area contributed by atoms with Crippen molar-refractivity contribution in [2.24, 2.45) is 55.4 Å². The summed E-state index contributed by atoms with van der Waals surface area (Å²) in [4.78, 5) is 27.8. The van der Waals surface area contributed by atoms with E-state index in [1.165, 1.54) is 12.7 Å². The fourth-order valence-electron chi connectivity index (χ4n) is 10.6. The summed E-state index contributed by atoms with van der Waals surface area (Å²) in [6.07, 6.45) is 9.49. The first-order chi connectivity index (χ1) is 17.2. The van der Waals surface area contributed by atoms with Crippen LogP contribution in [0.2, 0.25) is 0 Å². The molecule has 0 saturated heterocycles. The van der Waals surface area contributed by atoms with Crippen LogP contribution in [0.25, 0.3) is 0 Å². The minimum atomic E-state index is -0.606. The van der Waals surface area contributed by atoms with E-state index in [2.05, 4.69) is 39.8 Å². The Morgan fingerprint density at radius 1 is 1.05 bits per heavy atom. The van der Waals surface area contributed by atoms with Crippen molar-refractivity contribution in [2.45, 2.75) is 99.3 Å². The van der Waals surface area contributed by atoms with E-state index in [9.17, 15) is 19.9 Å². The fraction of sp³-hybridized carbons (Fsp3) is 0.839. The summed E-state index contributed by atoms with van der Waals surface area (Å²) in [5.74, 6) is -0.0584. The first kappa shape index (κ1) is 26.9. The molecule has 0 aromatic carbocycles. The zero-order valence-electron chi connectivity index (χ0n) is 23.9. The number of carbonyl (C=O) groups is 2. The van der Waals surface area contributed by atoms with Crippen molar-refractivity contribution in [3.8, 4) is 0 Å². The molecular formula is C31H47NO5. The summed E-state index contributed by atoms with van der Waals surface area (Å²) < 4.78 is 5.42. The molecule has 0 bridgehead atoms. The highest BCUT2D eigenvalue weighted by atomic mass is 16.5. The van der Waals surface area contributed by atoms with Gasteiger partial charge in [-0.1, -0.05) is 52.3 Å². The Balaban J connectivity index is 1.65. The topological polar surface area (TPSA) is 96.2 Å². The number of carbonyl (C=O) groups excluding carboxylic acids is 2. The number of aliphatic hydroxyl groups is 1. The molecule has 4 saturated carbocycles. The SMILES string of the molecule is COC(=O)[C@]12CCC(C)(C)C[C@H]1[C@H]1C(=O)C=C3[C@@]4(C)CC/C(=N\O)[C@@](C)(CO)[C@@H]4CC[C@@]3(C)[C@]1(C)CC2. The molecule has 206 valence electrons. The van der Waals surface area contributed by atoms with Crippen LogP contribution in [-0.4, -0.2) is 41.5 Å². The molecule has 0 heterocycles. The second-order valence-electron chi connectivity index (χ2n) is 14.9. The van der Waals surface area contributed by atoms with Gasteiger partial charge in [-0.2, -0.15) is 0 Å². The van der Waals surface area contributed by atoms with Crippen molar-refractivity contribution in [1.29, 1.82) is 0 Å². The molecule has 5 rings (SSSR count). The Morgan fingerprint density at radius 2 is 1.73 bits per heavy atom. The lowest BCUT2D eigenvalue weighted by atomic mass is 9.34. The van der Waals surface area contributed by atoms with Gasteiger partial charge < -0.3 is 15.1 Å². The number of oxime groups is 1. The van der Waals surface area contributed by atoms with Crippen molar-refractivity contribution in [1.82, 2.24) is 0 Å². The lowest BCUT2D eigenvalue weighted by molar-refractivity contribution is -0.192. The normalized spacial score (nSPS) is 49.7. The molecular weight excluding hydrogens is 466 g/mol. The molecule has 0 spiro atoms. The number of ether oxygens (including phenoxy) is 1. The number of fused-ring (bicyclic) bond motifs is 7. The number of allylic oxidation sites excluding steroid dienone is 2. The Hall–Kier alpha value is -1.69. The third kappa shape index (κ3) is 3.23. The molecule has 0 amide bonds. The fourth-order valence-corrected chi connectivity index (χ4v) is 10.6. The second kappa shape index (κ2) is 8.16. The van der Waals surface area contributed by atoms with Gasteiger partial charge in [0.2, 0.25) is 0 Å². The van der Waals surface area contributed by atoms with E-state index in [-0.39, 0.29) is 57.8 Å². The van der Waals surface area contributed by atoms with Crippen LogP contribution < -0.4 is 0 Å². The third-order valence-electron chi connectivity index (χ3n) is 13.0. The standard InChI is InChI=1S/C31H47NO5/c1-26(2)12-14-31(25(35)37-7)15-13-30(6)24(19(31)17-26)20(34)16-22-27(3)10-9-23(32-36)28(4,18-33)21(27)8-11-29(22,30)5/h16,19,21,24,33,36H,8-15,17-18H2,1-7H3/b32-23+/t19-,21+,24-,27-,28-,29+,30+,31-/m0/s1. The average molecular weight is 514 g/mol. The van der Waals surface area contributed by atoms with Crippen LogP contribution in [0, 0.1) is 50.2 Å². The van der Waals surface area contributed by atoms with Gasteiger partial charge in [-0.15, -0.1) is 0 Å². The van der Waals surface area contributed by atoms with Crippen LogP contribution in [0.5, 0.6) is 0 Å². The van der Waals surface area contributed by atoms with Crippen LogP contribution in [-0.2, 0) is 14.3 Å². The van der Waals surface area contributed by atoms with E-state index in [0.717, 1.165) is 51.4 Å². The van der Waals surface area contributed by atoms with Crippen molar-refractivity contribution < 1.29 is 24.6 Å². The van der Waals surface area contributed by atoms with Gasteiger partial charge in [-0.05, 0) is 97.4 Å². The van der Waals surface area contributed by atoms with Crippen molar-refractivity contribution in [3.05, 3.63) is 11.6 Å². The molecule has 0 unspecified atom stereocenters. The lowest BCUT2D eigenvalue weighted by Gasteiger charge is -2.69. The lowest BCUT2D eigenvalue weighted by Crippen LogP contribution is -2.66. The van der Waals surface area contributed by atoms with E-state index in [1.807, 2.05) is 13.0 Å². The highest BCUT2D eigenvalue weighted by molar-refractivity contribution is 5.97. The number of methoxy groups -OCH3 is 1. The van der Waals surface area contributed by atoms with E-state index in [1.54, 1.807) is 0 Å². The molecule has 5 aliphatic carbocycles. The molecule has 0 aliphatic heterocycles. The molecule has 6 heteroatoms.